The molecular formula is C13H13Cl2NOS. The first-order valence-electron chi connectivity index (χ1n) is 5.48. The molecule has 2 aromatic rings. The van der Waals surface area contributed by atoms with Gasteiger partial charge < -0.3 is 10.2 Å². The lowest BCUT2D eigenvalue weighted by atomic mass is 10.3. The van der Waals surface area contributed by atoms with Gasteiger partial charge in [0.1, 0.15) is 11.5 Å². The summed E-state index contributed by atoms with van der Waals surface area (Å²) < 4.78 is 5.60. The van der Waals surface area contributed by atoms with E-state index in [-0.39, 0.29) is 5.25 Å². The maximum absolute atomic E-state index is 5.99. The van der Waals surface area contributed by atoms with Gasteiger partial charge in [0.05, 0.1) is 15.3 Å². The second-order valence-corrected chi connectivity index (χ2v) is 5.96. The Morgan fingerprint density at radius 2 is 2.00 bits per heavy atom. The third-order valence-electron chi connectivity index (χ3n) is 2.46. The Hall–Kier alpha value is -0.610. The number of benzene rings is 1. The van der Waals surface area contributed by atoms with E-state index in [1.165, 1.54) is 0 Å². The lowest BCUT2D eigenvalue weighted by Gasteiger charge is -2.12. The molecule has 1 aromatic carbocycles. The lowest BCUT2D eigenvalue weighted by Crippen LogP contribution is -2.08. The zero-order valence-electron chi connectivity index (χ0n) is 9.82. The summed E-state index contributed by atoms with van der Waals surface area (Å²) in [5.74, 6) is 1.77. The van der Waals surface area contributed by atoms with E-state index < -0.39 is 0 Å². The molecule has 18 heavy (non-hydrogen) atoms. The van der Waals surface area contributed by atoms with E-state index in [2.05, 4.69) is 0 Å². The molecule has 5 heteroatoms. The molecule has 0 saturated carbocycles. The van der Waals surface area contributed by atoms with Gasteiger partial charge >= 0.3 is 0 Å². The fourth-order valence-electron chi connectivity index (χ4n) is 1.56. The maximum atomic E-state index is 5.99. The summed E-state index contributed by atoms with van der Waals surface area (Å²) in [6.45, 7) is 2.42. The molecule has 0 saturated heterocycles. The Bertz CT molecular complexity index is 542. The highest BCUT2D eigenvalue weighted by atomic mass is 35.5. The van der Waals surface area contributed by atoms with Crippen molar-refractivity contribution in [2.24, 2.45) is 5.73 Å². The summed E-state index contributed by atoms with van der Waals surface area (Å²) in [7, 11) is 0. The summed E-state index contributed by atoms with van der Waals surface area (Å²) in [4.78, 5) is 1.02. The van der Waals surface area contributed by atoms with Crippen molar-refractivity contribution in [1.82, 2.24) is 0 Å². The van der Waals surface area contributed by atoms with Gasteiger partial charge in [-0.15, -0.1) is 11.8 Å². The van der Waals surface area contributed by atoms with Crippen LogP contribution in [0.15, 0.2) is 39.6 Å². The van der Waals surface area contributed by atoms with Crippen molar-refractivity contribution in [2.45, 2.75) is 17.1 Å². The molecular weight excluding hydrogens is 289 g/mol. The van der Waals surface area contributed by atoms with Crippen LogP contribution in [0.1, 0.15) is 16.8 Å². The predicted molar refractivity (Wildman–Crippen MR) is 77.6 cm³/mol. The first-order valence-corrected chi connectivity index (χ1v) is 7.12. The van der Waals surface area contributed by atoms with Gasteiger partial charge in [-0.2, -0.15) is 0 Å². The molecule has 0 radical (unpaired) electrons. The average molecular weight is 302 g/mol. The summed E-state index contributed by atoms with van der Waals surface area (Å²) in [6, 6.07) is 9.45. The van der Waals surface area contributed by atoms with E-state index in [0.717, 1.165) is 16.4 Å². The first-order chi connectivity index (χ1) is 8.60. The molecule has 0 aliphatic carbocycles. The van der Waals surface area contributed by atoms with E-state index in [0.29, 0.717) is 16.6 Å². The van der Waals surface area contributed by atoms with E-state index >= 15 is 0 Å². The minimum absolute atomic E-state index is 0.0796. The quantitative estimate of drug-likeness (QED) is 0.833. The molecule has 1 aromatic heterocycles. The molecule has 0 spiro atoms. The molecule has 96 valence electrons. The van der Waals surface area contributed by atoms with Gasteiger partial charge in [-0.1, -0.05) is 23.2 Å². The lowest BCUT2D eigenvalue weighted by molar-refractivity contribution is 0.481. The molecule has 0 bridgehead atoms. The average Bonchev–Trinajstić information content (AvgIpc) is 2.77. The van der Waals surface area contributed by atoms with Gasteiger partial charge in [-0.25, -0.2) is 0 Å². The molecule has 0 amide bonds. The highest BCUT2D eigenvalue weighted by Crippen LogP contribution is 2.37. The summed E-state index contributed by atoms with van der Waals surface area (Å²) in [5, 5.41) is 1.18. The molecule has 1 heterocycles. The maximum Gasteiger partial charge on any atom is 0.118 e. The van der Waals surface area contributed by atoms with Crippen molar-refractivity contribution in [3.63, 3.8) is 0 Å². The molecule has 1 unspecified atom stereocenters. The van der Waals surface area contributed by atoms with Gasteiger partial charge in [0.15, 0.2) is 0 Å². The van der Waals surface area contributed by atoms with Crippen LogP contribution in [0.3, 0.4) is 0 Å². The van der Waals surface area contributed by atoms with Gasteiger partial charge in [-0.05, 0) is 37.3 Å². The third-order valence-corrected chi connectivity index (χ3v) is 4.44. The molecule has 2 rings (SSSR count). The number of nitrogens with two attached hydrogens (primary N) is 1. The molecule has 2 nitrogen and oxygen atoms in total. The molecule has 0 fully saturated rings. The zero-order valence-corrected chi connectivity index (χ0v) is 12.1. The number of furan rings is 1. The van der Waals surface area contributed by atoms with Gasteiger partial charge in [-0.3, -0.25) is 0 Å². The minimum Gasteiger partial charge on any atom is -0.465 e. The van der Waals surface area contributed by atoms with Crippen LogP contribution in [0.5, 0.6) is 0 Å². The van der Waals surface area contributed by atoms with Crippen molar-refractivity contribution in [2.75, 3.05) is 6.54 Å². The zero-order chi connectivity index (χ0) is 13.1. The topological polar surface area (TPSA) is 39.2 Å². The second kappa shape index (κ2) is 6.02. The van der Waals surface area contributed by atoms with Gasteiger partial charge in [0, 0.05) is 11.4 Å². The van der Waals surface area contributed by atoms with Crippen LogP contribution in [-0.4, -0.2) is 6.54 Å². The van der Waals surface area contributed by atoms with Crippen LogP contribution >= 0.6 is 35.0 Å². The fraction of sp³-hybridized carbons (Fsp3) is 0.231. The number of rotatable bonds is 4. The first kappa shape index (κ1) is 13.8. The van der Waals surface area contributed by atoms with Crippen molar-refractivity contribution >= 4 is 35.0 Å². The second-order valence-electron chi connectivity index (χ2n) is 3.87. The minimum atomic E-state index is 0.0796. The summed E-state index contributed by atoms with van der Waals surface area (Å²) in [5.41, 5.74) is 5.79. The smallest absolute Gasteiger partial charge is 0.118 e. The van der Waals surface area contributed by atoms with Crippen LogP contribution in [0.25, 0.3) is 0 Å². The Morgan fingerprint density at radius 1 is 1.22 bits per heavy atom. The highest BCUT2D eigenvalue weighted by molar-refractivity contribution is 7.99. The Labute approximate surface area is 120 Å². The number of aryl methyl sites for hydroxylation is 1. The number of hydrogen-bond acceptors (Lipinski definition) is 3. The predicted octanol–water partition coefficient (Wildman–Crippen LogP) is 4.69. The van der Waals surface area contributed by atoms with Crippen LogP contribution < -0.4 is 5.73 Å². The highest BCUT2D eigenvalue weighted by Gasteiger charge is 2.15. The molecule has 2 N–H and O–H groups in total. The Kier molecular flexibility index (Phi) is 4.62. The van der Waals surface area contributed by atoms with E-state index in [1.54, 1.807) is 17.8 Å². The SMILES string of the molecule is Cc1ccc(C(CN)Sc2ccc(Cl)c(Cl)c2)o1. The van der Waals surface area contributed by atoms with Crippen molar-refractivity contribution in [1.29, 1.82) is 0 Å². The van der Waals surface area contributed by atoms with Crippen LogP contribution in [0.2, 0.25) is 10.0 Å². The van der Waals surface area contributed by atoms with Gasteiger partial charge in [0.2, 0.25) is 0 Å². The summed E-state index contributed by atoms with van der Waals surface area (Å²) >= 11 is 13.5. The van der Waals surface area contributed by atoms with Crippen LogP contribution in [0.4, 0.5) is 0 Å². The molecule has 0 aliphatic heterocycles. The van der Waals surface area contributed by atoms with E-state index in [1.807, 2.05) is 31.2 Å². The summed E-state index contributed by atoms with van der Waals surface area (Å²) in [6.07, 6.45) is 0. The van der Waals surface area contributed by atoms with Crippen LogP contribution in [0, 0.1) is 6.92 Å². The number of halogens is 2. The molecule has 1 atom stereocenters. The Morgan fingerprint density at radius 3 is 2.56 bits per heavy atom. The molecule has 0 aliphatic rings. The fourth-order valence-corrected chi connectivity index (χ4v) is 2.93. The number of hydrogen-bond donors (Lipinski definition) is 1. The largest absolute Gasteiger partial charge is 0.465 e. The third kappa shape index (κ3) is 3.23. The van der Waals surface area contributed by atoms with Crippen molar-refractivity contribution in [3.8, 4) is 0 Å². The van der Waals surface area contributed by atoms with Gasteiger partial charge in [0.25, 0.3) is 0 Å². The van der Waals surface area contributed by atoms with Crippen molar-refractivity contribution < 1.29 is 4.42 Å². The van der Waals surface area contributed by atoms with E-state index in [9.17, 15) is 0 Å². The van der Waals surface area contributed by atoms with Crippen LogP contribution in [-0.2, 0) is 0 Å². The normalized spacial score (nSPS) is 12.7. The van der Waals surface area contributed by atoms with Crippen molar-refractivity contribution in [3.05, 3.63) is 51.9 Å². The Balaban J connectivity index is 2.17. The number of thioether (sulfide) groups is 1. The standard InChI is InChI=1S/C13H13Cl2NOS/c1-8-2-5-12(17-8)13(7-16)18-9-3-4-10(14)11(15)6-9/h2-6,13H,7,16H2,1H3. The monoisotopic (exact) mass is 301 g/mol. The van der Waals surface area contributed by atoms with E-state index in [4.69, 9.17) is 33.4 Å².